The average Bonchev–Trinajstić information content (AvgIpc) is 2.87. The van der Waals surface area contributed by atoms with E-state index in [9.17, 15) is 22.8 Å². The van der Waals surface area contributed by atoms with E-state index >= 15 is 0 Å². The number of amides is 2. The molecule has 1 saturated heterocycles. The number of carbonyl (C=O) groups is 2. The Kier molecular flexibility index (Phi) is 5.95. The molecule has 138 valence electrons. The van der Waals surface area contributed by atoms with Gasteiger partial charge >= 0.3 is 6.18 Å². The van der Waals surface area contributed by atoms with Crippen molar-refractivity contribution in [3.05, 3.63) is 28.8 Å². The van der Waals surface area contributed by atoms with E-state index in [2.05, 4.69) is 5.32 Å². The van der Waals surface area contributed by atoms with Crippen molar-refractivity contribution in [3.63, 3.8) is 0 Å². The van der Waals surface area contributed by atoms with Crippen LogP contribution in [0.3, 0.4) is 0 Å². The standard InChI is InChI=1S/C16H19ClF3N3O2/c1-22(2)5-6-23-9-10(7-14(23)24)15(25)21-11-3-4-13(17)12(8-11)16(18,19)20/h3-4,8,10H,5-7,9H2,1-2H3,(H,21,25). The summed E-state index contributed by atoms with van der Waals surface area (Å²) >= 11 is 5.56. The van der Waals surface area contributed by atoms with Crippen molar-refractivity contribution in [3.8, 4) is 0 Å². The van der Waals surface area contributed by atoms with Gasteiger partial charge in [-0.25, -0.2) is 0 Å². The summed E-state index contributed by atoms with van der Waals surface area (Å²) in [4.78, 5) is 27.7. The molecule has 25 heavy (non-hydrogen) atoms. The largest absolute Gasteiger partial charge is 0.417 e. The van der Waals surface area contributed by atoms with Gasteiger partial charge in [0.05, 0.1) is 16.5 Å². The molecule has 0 radical (unpaired) electrons. The smallest absolute Gasteiger partial charge is 0.341 e. The number of hydrogen-bond acceptors (Lipinski definition) is 3. The monoisotopic (exact) mass is 377 g/mol. The maximum Gasteiger partial charge on any atom is 0.417 e. The van der Waals surface area contributed by atoms with Gasteiger partial charge in [-0.3, -0.25) is 9.59 Å². The van der Waals surface area contributed by atoms with E-state index in [0.717, 1.165) is 12.1 Å². The van der Waals surface area contributed by atoms with Gasteiger partial charge in [0.1, 0.15) is 0 Å². The van der Waals surface area contributed by atoms with Gasteiger partial charge in [0.25, 0.3) is 0 Å². The number of nitrogens with zero attached hydrogens (tertiary/aromatic N) is 2. The third-order valence-corrected chi connectivity index (χ3v) is 4.27. The fraction of sp³-hybridized carbons (Fsp3) is 0.500. The summed E-state index contributed by atoms with van der Waals surface area (Å²) in [5.74, 6) is -1.19. The number of anilines is 1. The van der Waals surface area contributed by atoms with Crippen LogP contribution in [0.1, 0.15) is 12.0 Å². The van der Waals surface area contributed by atoms with Crippen LogP contribution in [0.25, 0.3) is 0 Å². The Morgan fingerprint density at radius 3 is 2.68 bits per heavy atom. The second kappa shape index (κ2) is 7.61. The summed E-state index contributed by atoms with van der Waals surface area (Å²) in [6.45, 7) is 1.44. The molecule has 0 aliphatic carbocycles. The first kappa shape index (κ1) is 19.5. The Hall–Kier alpha value is -1.80. The minimum atomic E-state index is -4.61. The molecule has 1 aromatic rings. The van der Waals surface area contributed by atoms with Crippen LogP contribution in [-0.2, 0) is 15.8 Å². The normalized spacial score (nSPS) is 18.1. The molecule has 1 heterocycles. The molecular formula is C16H19ClF3N3O2. The number of likely N-dealkylation sites (N-methyl/N-ethyl adjacent to an activating group) is 1. The first-order chi connectivity index (χ1) is 11.6. The summed E-state index contributed by atoms with van der Waals surface area (Å²) in [5.41, 5.74) is -1.01. The molecule has 1 unspecified atom stereocenters. The van der Waals surface area contributed by atoms with Crippen LogP contribution in [0.15, 0.2) is 18.2 Å². The molecule has 0 spiro atoms. The first-order valence-electron chi connectivity index (χ1n) is 7.68. The molecule has 9 heteroatoms. The van der Waals surface area contributed by atoms with E-state index in [1.807, 2.05) is 19.0 Å². The molecule has 1 atom stereocenters. The van der Waals surface area contributed by atoms with Crippen LogP contribution < -0.4 is 5.32 Å². The topological polar surface area (TPSA) is 52.6 Å². The SMILES string of the molecule is CN(C)CCN1CC(C(=O)Nc2ccc(Cl)c(C(F)(F)F)c2)CC1=O. The van der Waals surface area contributed by atoms with Gasteiger partial charge in [0.15, 0.2) is 0 Å². The highest BCUT2D eigenvalue weighted by Gasteiger charge is 2.35. The van der Waals surface area contributed by atoms with Crippen LogP contribution in [-0.4, -0.2) is 55.3 Å². The molecule has 5 nitrogen and oxygen atoms in total. The summed E-state index contributed by atoms with van der Waals surface area (Å²) in [5, 5.41) is 2.01. The highest BCUT2D eigenvalue weighted by atomic mass is 35.5. The zero-order valence-electron chi connectivity index (χ0n) is 13.9. The van der Waals surface area contributed by atoms with E-state index in [1.165, 1.54) is 6.07 Å². The van der Waals surface area contributed by atoms with Crippen molar-refractivity contribution < 1.29 is 22.8 Å². The summed E-state index contributed by atoms with van der Waals surface area (Å²) < 4.78 is 38.6. The fourth-order valence-corrected chi connectivity index (χ4v) is 2.77. The molecule has 2 amide bonds. The number of halogens is 4. The van der Waals surface area contributed by atoms with Crippen molar-refractivity contribution in [1.82, 2.24) is 9.80 Å². The molecule has 1 aliphatic heterocycles. The Bertz CT molecular complexity index is 665. The van der Waals surface area contributed by atoms with Gasteiger partial charge in [0, 0.05) is 31.7 Å². The highest BCUT2D eigenvalue weighted by Crippen LogP contribution is 2.36. The molecule has 1 N–H and O–H groups in total. The predicted octanol–water partition coefficient (Wildman–Crippen LogP) is 2.71. The number of hydrogen-bond donors (Lipinski definition) is 1. The van der Waals surface area contributed by atoms with Crippen molar-refractivity contribution in [2.75, 3.05) is 39.0 Å². The molecule has 0 aromatic heterocycles. The van der Waals surface area contributed by atoms with Crippen LogP contribution in [0.5, 0.6) is 0 Å². The highest BCUT2D eigenvalue weighted by molar-refractivity contribution is 6.31. The predicted molar refractivity (Wildman–Crippen MR) is 88.3 cm³/mol. The lowest BCUT2D eigenvalue weighted by Gasteiger charge is -2.19. The third kappa shape index (κ3) is 5.09. The molecule has 0 saturated carbocycles. The molecule has 1 fully saturated rings. The van der Waals surface area contributed by atoms with Crippen LogP contribution in [0.2, 0.25) is 5.02 Å². The van der Waals surface area contributed by atoms with Crippen LogP contribution in [0.4, 0.5) is 18.9 Å². The number of nitrogens with one attached hydrogen (secondary N) is 1. The molecular weight excluding hydrogens is 359 g/mol. The fourth-order valence-electron chi connectivity index (χ4n) is 2.55. The van der Waals surface area contributed by atoms with Gasteiger partial charge in [-0.1, -0.05) is 11.6 Å². The number of carbonyl (C=O) groups excluding carboxylic acids is 2. The number of alkyl halides is 3. The van der Waals surface area contributed by atoms with Gasteiger partial charge in [-0.2, -0.15) is 13.2 Å². The molecule has 0 bridgehead atoms. The van der Waals surface area contributed by atoms with Crippen LogP contribution in [0, 0.1) is 5.92 Å². The lowest BCUT2D eigenvalue weighted by Crippen LogP contribution is -2.34. The van der Waals surface area contributed by atoms with E-state index in [4.69, 9.17) is 11.6 Å². The molecule has 2 rings (SSSR count). The maximum atomic E-state index is 12.9. The van der Waals surface area contributed by atoms with Gasteiger partial charge in [-0.05, 0) is 32.3 Å². The van der Waals surface area contributed by atoms with Gasteiger partial charge < -0.3 is 15.1 Å². The third-order valence-electron chi connectivity index (χ3n) is 3.94. The summed E-state index contributed by atoms with van der Waals surface area (Å²) in [6, 6.07) is 3.18. The number of rotatable bonds is 5. The van der Waals surface area contributed by atoms with E-state index in [0.29, 0.717) is 13.1 Å². The Balaban J connectivity index is 2.02. The van der Waals surface area contributed by atoms with Gasteiger partial charge in [-0.15, -0.1) is 0 Å². The summed E-state index contributed by atoms with van der Waals surface area (Å²) in [7, 11) is 3.76. The second-order valence-corrected chi connectivity index (χ2v) is 6.63. The van der Waals surface area contributed by atoms with Crippen molar-refractivity contribution >= 4 is 29.1 Å². The van der Waals surface area contributed by atoms with E-state index in [1.54, 1.807) is 4.90 Å². The van der Waals surface area contributed by atoms with Crippen molar-refractivity contribution in [2.24, 2.45) is 5.92 Å². The van der Waals surface area contributed by atoms with E-state index < -0.39 is 28.6 Å². The molecule has 1 aliphatic rings. The quantitative estimate of drug-likeness (QED) is 0.858. The zero-order valence-corrected chi connectivity index (χ0v) is 14.6. The number of likely N-dealkylation sites (tertiary alicyclic amines) is 1. The van der Waals surface area contributed by atoms with E-state index in [-0.39, 0.29) is 24.6 Å². The first-order valence-corrected chi connectivity index (χ1v) is 8.06. The zero-order chi connectivity index (χ0) is 18.8. The molecule has 1 aromatic carbocycles. The lowest BCUT2D eigenvalue weighted by molar-refractivity contribution is -0.137. The van der Waals surface area contributed by atoms with Crippen molar-refractivity contribution in [1.29, 1.82) is 0 Å². The number of benzene rings is 1. The Morgan fingerprint density at radius 1 is 1.40 bits per heavy atom. The van der Waals surface area contributed by atoms with Crippen molar-refractivity contribution in [2.45, 2.75) is 12.6 Å². The lowest BCUT2D eigenvalue weighted by atomic mass is 10.1. The average molecular weight is 378 g/mol. The van der Waals surface area contributed by atoms with Crippen LogP contribution >= 0.6 is 11.6 Å². The maximum absolute atomic E-state index is 12.9. The minimum Gasteiger partial charge on any atom is -0.341 e. The van der Waals surface area contributed by atoms with Gasteiger partial charge in [0.2, 0.25) is 11.8 Å². The summed E-state index contributed by atoms with van der Waals surface area (Å²) in [6.07, 6.45) is -4.55. The minimum absolute atomic E-state index is 0.000848. The second-order valence-electron chi connectivity index (χ2n) is 6.23. The Labute approximate surface area is 148 Å². The Morgan fingerprint density at radius 2 is 2.08 bits per heavy atom.